The van der Waals surface area contributed by atoms with Gasteiger partial charge in [-0.3, -0.25) is 9.48 Å². The molecule has 0 spiro atoms. The van der Waals surface area contributed by atoms with Crippen LogP contribution in [0.5, 0.6) is 5.75 Å². The summed E-state index contributed by atoms with van der Waals surface area (Å²) in [4.78, 5) is 11.1. The molecule has 0 saturated carbocycles. The number of hydrogen-bond acceptors (Lipinski definition) is 4. The molecule has 2 rings (SSSR count). The predicted molar refractivity (Wildman–Crippen MR) is 116 cm³/mol. The SMILES string of the molecule is CCc1ccc(OCc2cn(CCCCCCCCCCC(=O)NC)nn2)cc1. The third kappa shape index (κ3) is 9.59. The highest BCUT2D eigenvalue weighted by atomic mass is 16.5. The summed E-state index contributed by atoms with van der Waals surface area (Å²) in [6.07, 6.45) is 13.2. The number of benzene rings is 1. The van der Waals surface area contributed by atoms with E-state index in [0.717, 1.165) is 43.7 Å². The van der Waals surface area contributed by atoms with Crippen LogP contribution in [0.4, 0.5) is 0 Å². The standard InChI is InChI=1S/C23H36N4O2/c1-3-20-13-15-22(16-14-20)29-19-21-18-27(26-25-21)17-11-9-7-5-4-6-8-10-12-23(28)24-2/h13-16,18H,3-12,17,19H2,1-2H3,(H,24,28). The second-order valence-corrected chi connectivity index (χ2v) is 7.51. The van der Waals surface area contributed by atoms with E-state index in [4.69, 9.17) is 4.74 Å². The van der Waals surface area contributed by atoms with E-state index in [0.29, 0.717) is 13.0 Å². The maximum Gasteiger partial charge on any atom is 0.219 e. The van der Waals surface area contributed by atoms with Crippen molar-refractivity contribution < 1.29 is 9.53 Å². The first-order chi connectivity index (χ1) is 14.2. The minimum Gasteiger partial charge on any atom is -0.487 e. The van der Waals surface area contributed by atoms with Gasteiger partial charge in [-0.25, -0.2) is 0 Å². The van der Waals surface area contributed by atoms with Gasteiger partial charge in [0, 0.05) is 20.0 Å². The average Bonchev–Trinajstić information content (AvgIpc) is 3.21. The molecule has 1 aromatic heterocycles. The number of hydrogen-bond donors (Lipinski definition) is 1. The summed E-state index contributed by atoms with van der Waals surface area (Å²) in [7, 11) is 1.70. The van der Waals surface area contributed by atoms with Gasteiger partial charge >= 0.3 is 0 Å². The minimum absolute atomic E-state index is 0.151. The van der Waals surface area contributed by atoms with Gasteiger partial charge in [0.05, 0.1) is 6.20 Å². The zero-order valence-corrected chi connectivity index (χ0v) is 18.0. The Balaban J connectivity index is 1.49. The topological polar surface area (TPSA) is 69.0 Å². The van der Waals surface area contributed by atoms with E-state index in [1.54, 1.807) is 7.05 Å². The number of nitrogens with one attached hydrogen (secondary N) is 1. The normalized spacial score (nSPS) is 10.8. The first kappa shape index (κ1) is 22.9. The van der Waals surface area contributed by atoms with E-state index >= 15 is 0 Å². The highest BCUT2D eigenvalue weighted by Crippen LogP contribution is 2.14. The number of carbonyl (C=O) groups excluding carboxylic acids is 1. The number of nitrogens with zero attached hydrogens (tertiary/aromatic N) is 3. The molecule has 0 fully saturated rings. The lowest BCUT2D eigenvalue weighted by Crippen LogP contribution is -2.16. The molecule has 1 amide bonds. The van der Waals surface area contributed by atoms with Crippen molar-refractivity contribution in [2.45, 2.75) is 84.3 Å². The lowest BCUT2D eigenvalue weighted by atomic mass is 10.1. The van der Waals surface area contributed by atoms with Crippen molar-refractivity contribution >= 4 is 5.91 Å². The number of unbranched alkanes of at least 4 members (excludes halogenated alkanes) is 7. The van der Waals surface area contributed by atoms with Crippen molar-refractivity contribution in [3.63, 3.8) is 0 Å². The fourth-order valence-corrected chi connectivity index (χ4v) is 3.24. The molecule has 0 aliphatic carbocycles. The van der Waals surface area contributed by atoms with Crippen LogP contribution in [0.1, 0.15) is 76.0 Å². The van der Waals surface area contributed by atoms with Crippen LogP contribution in [0, 0.1) is 0 Å². The fourth-order valence-electron chi connectivity index (χ4n) is 3.24. The van der Waals surface area contributed by atoms with Crippen molar-refractivity contribution in [2.75, 3.05) is 7.05 Å². The molecule has 160 valence electrons. The van der Waals surface area contributed by atoms with Crippen LogP contribution in [0.25, 0.3) is 0 Å². The van der Waals surface area contributed by atoms with Gasteiger partial charge in [-0.15, -0.1) is 5.10 Å². The van der Waals surface area contributed by atoms with E-state index in [1.807, 2.05) is 23.0 Å². The van der Waals surface area contributed by atoms with Gasteiger partial charge in [0.15, 0.2) is 0 Å². The van der Waals surface area contributed by atoms with Crippen molar-refractivity contribution in [3.05, 3.63) is 41.7 Å². The molecule has 29 heavy (non-hydrogen) atoms. The van der Waals surface area contributed by atoms with E-state index in [2.05, 4.69) is 34.7 Å². The number of ether oxygens (including phenoxy) is 1. The Kier molecular flexibility index (Phi) is 10.9. The molecule has 0 aliphatic rings. The number of aryl methyl sites for hydroxylation is 2. The molecular weight excluding hydrogens is 364 g/mol. The largest absolute Gasteiger partial charge is 0.487 e. The summed E-state index contributed by atoms with van der Waals surface area (Å²) in [5.41, 5.74) is 2.17. The minimum atomic E-state index is 0.151. The molecular formula is C23H36N4O2. The van der Waals surface area contributed by atoms with Gasteiger partial charge in [-0.1, -0.05) is 62.8 Å². The Morgan fingerprint density at radius 2 is 1.66 bits per heavy atom. The molecule has 0 saturated heterocycles. The van der Waals surface area contributed by atoms with Gasteiger partial charge < -0.3 is 10.1 Å². The van der Waals surface area contributed by atoms with Crippen LogP contribution in [-0.2, 0) is 24.4 Å². The first-order valence-electron chi connectivity index (χ1n) is 11.0. The van der Waals surface area contributed by atoms with Crippen molar-refractivity contribution in [1.29, 1.82) is 0 Å². The predicted octanol–water partition coefficient (Wildman–Crippen LogP) is 4.68. The number of rotatable bonds is 15. The van der Waals surface area contributed by atoms with Crippen molar-refractivity contribution in [1.82, 2.24) is 20.3 Å². The lowest BCUT2D eigenvalue weighted by molar-refractivity contribution is -0.120. The molecule has 0 bridgehead atoms. The molecule has 1 heterocycles. The Bertz CT molecular complexity index is 697. The average molecular weight is 401 g/mol. The van der Waals surface area contributed by atoms with Gasteiger partial charge in [-0.2, -0.15) is 0 Å². The van der Waals surface area contributed by atoms with Crippen LogP contribution in [0.3, 0.4) is 0 Å². The monoisotopic (exact) mass is 400 g/mol. The summed E-state index contributed by atoms with van der Waals surface area (Å²) < 4.78 is 7.70. The number of amides is 1. The van der Waals surface area contributed by atoms with E-state index in [9.17, 15) is 4.79 Å². The zero-order valence-electron chi connectivity index (χ0n) is 18.0. The van der Waals surface area contributed by atoms with Crippen LogP contribution in [0.15, 0.2) is 30.5 Å². The molecule has 1 aromatic carbocycles. The molecule has 0 atom stereocenters. The highest BCUT2D eigenvalue weighted by Gasteiger charge is 2.03. The summed E-state index contributed by atoms with van der Waals surface area (Å²) in [5.74, 6) is 1.02. The van der Waals surface area contributed by atoms with Crippen LogP contribution in [0.2, 0.25) is 0 Å². The van der Waals surface area contributed by atoms with Crippen LogP contribution >= 0.6 is 0 Å². The van der Waals surface area contributed by atoms with Crippen molar-refractivity contribution in [3.8, 4) is 5.75 Å². The van der Waals surface area contributed by atoms with E-state index < -0.39 is 0 Å². The second-order valence-electron chi connectivity index (χ2n) is 7.51. The number of carbonyl (C=O) groups is 1. The maximum atomic E-state index is 11.1. The Labute approximate surface area is 175 Å². The second kappa shape index (κ2) is 13.7. The van der Waals surface area contributed by atoms with Crippen LogP contribution < -0.4 is 10.1 Å². The smallest absolute Gasteiger partial charge is 0.219 e. The Morgan fingerprint density at radius 3 is 2.31 bits per heavy atom. The third-order valence-electron chi connectivity index (χ3n) is 5.12. The number of aromatic nitrogens is 3. The third-order valence-corrected chi connectivity index (χ3v) is 5.12. The van der Waals surface area contributed by atoms with Crippen molar-refractivity contribution in [2.24, 2.45) is 0 Å². The maximum absolute atomic E-state index is 11.1. The van der Waals surface area contributed by atoms with Gasteiger partial charge in [0.25, 0.3) is 0 Å². The van der Waals surface area contributed by atoms with Gasteiger partial charge in [-0.05, 0) is 37.0 Å². The summed E-state index contributed by atoms with van der Waals surface area (Å²) in [5, 5.41) is 11.1. The molecule has 6 nitrogen and oxygen atoms in total. The van der Waals surface area contributed by atoms with Crippen LogP contribution in [-0.4, -0.2) is 27.9 Å². The summed E-state index contributed by atoms with van der Waals surface area (Å²) in [6, 6.07) is 8.20. The summed E-state index contributed by atoms with van der Waals surface area (Å²) >= 11 is 0. The Morgan fingerprint density at radius 1 is 1.00 bits per heavy atom. The quantitative estimate of drug-likeness (QED) is 0.441. The Hall–Kier alpha value is -2.37. The summed E-state index contributed by atoms with van der Waals surface area (Å²) in [6.45, 7) is 3.50. The first-order valence-corrected chi connectivity index (χ1v) is 11.0. The van der Waals surface area contributed by atoms with Gasteiger partial charge in [0.1, 0.15) is 18.1 Å². The molecule has 6 heteroatoms. The molecule has 0 radical (unpaired) electrons. The lowest BCUT2D eigenvalue weighted by Gasteiger charge is -2.04. The molecule has 0 aliphatic heterocycles. The molecule has 0 unspecified atom stereocenters. The molecule has 2 aromatic rings. The van der Waals surface area contributed by atoms with E-state index in [-0.39, 0.29) is 5.91 Å². The zero-order chi connectivity index (χ0) is 20.7. The molecule has 1 N–H and O–H groups in total. The highest BCUT2D eigenvalue weighted by molar-refractivity contribution is 5.75. The van der Waals surface area contributed by atoms with E-state index in [1.165, 1.54) is 37.7 Å². The van der Waals surface area contributed by atoms with Gasteiger partial charge in [0.2, 0.25) is 5.91 Å². The fraction of sp³-hybridized carbons (Fsp3) is 0.609.